The molecule has 1 aliphatic rings. The zero-order valence-corrected chi connectivity index (χ0v) is 12.9. The molecule has 0 spiro atoms. The Bertz CT molecular complexity index is 668. The van der Waals surface area contributed by atoms with Gasteiger partial charge in [0.05, 0.1) is 24.3 Å². The standard InChI is InChI=1S/C15H20N6O/c1-11(2)15-18-14(19-22-15)13-4-3-5-20(13)6-7-21-10-12(8-16)9-17-21/h9-11,13H,3-7H2,1-2H3. The Hall–Kier alpha value is -2.20. The van der Waals surface area contributed by atoms with Crippen molar-refractivity contribution in [1.82, 2.24) is 24.8 Å². The van der Waals surface area contributed by atoms with Crippen molar-refractivity contribution in [2.45, 2.75) is 45.2 Å². The first-order chi connectivity index (χ1) is 10.7. The summed E-state index contributed by atoms with van der Waals surface area (Å²) < 4.78 is 7.14. The molecule has 0 aromatic carbocycles. The maximum atomic E-state index is 8.83. The van der Waals surface area contributed by atoms with Crippen LogP contribution in [0, 0.1) is 11.3 Å². The molecule has 0 aliphatic carbocycles. The molecule has 22 heavy (non-hydrogen) atoms. The summed E-state index contributed by atoms with van der Waals surface area (Å²) in [4.78, 5) is 6.89. The van der Waals surface area contributed by atoms with Crippen LogP contribution in [-0.4, -0.2) is 37.9 Å². The molecule has 3 rings (SSSR count). The molecule has 1 aliphatic heterocycles. The molecule has 2 aromatic heterocycles. The van der Waals surface area contributed by atoms with Crippen molar-refractivity contribution in [3.8, 4) is 6.07 Å². The lowest BCUT2D eigenvalue weighted by molar-refractivity contribution is 0.230. The highest BCUT2D eigenvalue weighted by atomic mass is 16.5. The second kappa shape index (κ2) is 6.28. The average molecular weight is 300 g/mol. The third-order valence-electron chi connectivity index (χ3n) is 3.99. The van der Waals surface area contributed by atoms with E-state index in [4.69, 9.17) is 9.78 Å². The van der Waals surface area contributed by atoms with E-state index < -0.39 is 0 Å². The normalized spacial score (nSPS) is 18.9. The summed E-state index contributed by atoms with van der Waals surface area (Å²) in [5, 5.41) is 17.2. The Kier molecular flexibility index (Phi) is 4.20. The molecular formula is C15H20N6O. The van der Waals surface area contributed by atoms with Gasteiger partial charge >= 0.3 is 0 Å². The van der Waals surface area contributed by atoms with Gasteiger partial charge in [0.15, 0.2) is 5.82 Å². The molecule has 1 saturated heterocycles. The van der Waals surface area contributed by atoms with Gasteiger partial charge < -0.3 is 4.52 Å². The Morgan fingerprint density at radius 3 is 3.00 bits per heavy atom. The quantitative estimate of drug-likeness (QED) is 0.840. The minimum Gasteiger partial charge on any atom is -0.339 e. The highest BCUT2D eigenvalue weighted by molar-refractivity contribution is 5.21. The van der Waals surface area contributed by atoms with Crippen LogP contribution in [0.25, 0.3) is 0 Å². The first-order valence-electron chi connectivity index (χ1n) is 7.67. The van der Waals surface area contributed by atoms with Crippen molar-refractivity contribution in [1.29, 1.82) is 5.26 Å². The molecule has 7 heteroatoms. The third-order valence-corrected chi connectivity index (χ3v) is 3.99. The summed E-state index contributed by atoms with van der Waals surface area (Å²) in [7, 11) is 0. The van der Waals surface area contributed by atoms with E-state index in [2.05, 4.69) is 26.2 Å². The molecule has 1 atom stereocenters. The fourth-order valence-corrected chi connectivity index (χ4v) is 2.78. The van der Waals surface area contributed by atoms with Crippen LogP contribution in [0.15, 0.2) is 16.9 Å². The maximum Gasteiger partial charge on any atom is 0.229 e. The molecule has 0 saturated carbocycles. The number of likely N-dealkylation sites (tertiary alicyclic amines) is 1. The molecule has 0 amide bonds. The Morgan fingerprint density at radius 1 is 1.45 bits per heavy atom. The summed E-state index contributed by atoms with van der Waals surface area (Å²) in [5.41, 5.74) is 0.595. The second-order valence-corrected chi connectivity index (χ2v) is 5.94. The Labute approximate surface area is 129 Å². The van der Waals surface area contributed by atoms with Gasteiger partial charge in [0.2, 0.25) is 5.89 Å². The lowest BCUT2D eigenvalue weighted by Crippen LogP contribution is -2.28. The third kappa shape index (κ3) is 3.02. The number of hydrogen-bond donors (Lipinski definition) is 0. The van der Waals surface area contributed by atoms with Crippen molar-refractivity contribution < 1.29 is 4.52 Å². The van der Waals surface area contributed by atoms with E-state index in [1.165, 1.54) is 0 Å². The number of aromatic nitrogens is 4. The van der Waals surface area contributed by atoms with Crippen LogP contribution in [0.3, 0.4) is 0 Å². The van der Waals surface area contributed by atoms with Crippen LogP contribution in [-0.2, 0) is 6.54 Å². The van der Waals surface area contributed by atoms with E-state index >= 15 is 0 Å². The van der Waals surface area contributed by atoms with Gasteiger partial charge in [-0.25, -0.2) is 0 Å². The molecule has 2 aromatic rings. The SMILES string of the molecule is CC(C)c1nc(C2CCCN2CCn2cc(C#N)cn2)no1. The number of rotatable bonds is 5. The predicted molar refractivity (Wildman–Crippen MR) is 78.9 cm³/mol. The number of nitrogens with zero attached hydrogens (tertiary/aromatic N) is 6. The molecule has 7 nitrogen and oxygen atoms in total. The molecule has 0 bridgehead atoms. The lowest BCUT2D eigenvalue weighted by atomic mass is 10.2. The van der Waals surface area contributed by atoms with E-state index in [1.807, 2.05) is 18.5 Å². The fraction of sp³-hybridized carbons (Fsp3) is 0.600. The van der Waals surface area contributed by atoms with Crippen LogP contribution in [0.4, 0.5) is 0 Å². The van der Waals surface area contributed by atoms with Crippen LogP contribution >= 0.6 is 0 Å². The molecule has 116 valence electrons. The molecule has 1 fully saturated rings. The smallest absolute Gasteiger partial charge is 0.229 e. The largest absolute Gasteiger partial charge is 0.339 e. The molecule has 0 radical (unpaired) electrons. The van der Waals surface area contributed by atoms with Crippen LogP contribution < -0.4 is 0 Å². The summed E-state index contributed by atoms with van der Waals surface area (Å²) in [6.45, 7) is 6.75. The summed E-state index contributed by atoms with van der Waals surface area (Å²) in [6, 6.07) is 2.32. The highest BCUT2D eigenvalue weighted by Gasteiger charge is 2.30. The van der Waals surface area contributed by atoms with E-state index in [1.54, 1.807) is 12.4 Å². The van der Waals surface area contributed by atoms with Crippen molar-refractivity contribution in [2.24, 2.45) is 0 Å². The van der Waals surface area contributed by atoms with E-state index in [-0.39, 0.29) is 12.0 Å². The maximum absolute atomic E-state index is 8.83. The van der Waals surface area contributed by atoms with E-state index in [0.29, 0.717) is 11.5 Å². The topological polar surface area (TPSA) is 83.8 Å². The second-order valence-electron chi connectivity index (χ2n) is 5.94. The van der Waals surface area contributed by atoms with Crippen LogP contribution in [0.2, 0.25) is 0 Å². The summed E-state index contributed by atoms with van der Waals surface area (Å²) in [6.07, 6.45) is 5.56. The van der Waals surface area contributed by atoms with Gasteiger partial charge in [-0.1, -0.05) is 19.0 Å². The molecule has 1 unspecified atom stereocenters. The Balaban J connectivity index is 1.64. The summed E-state index contributed by atoms with van der Waals surface area (Å²) >= 11 is 0. The zero-order valence-electron chi connectivity index (χ0n) is 12.9. The molecule has 3 heterocycles. The van der Waals surface area contributed by atoms with Gasteiger partial charge in [-0.15, -0.1) is 0 Å². The predicted octanol–water partition coefficient (Wildman–Crippen LogP) is 2.10. The van der Waals surface area contributed by atoms with Crippen molar-refractivity contribution in [3.63, 3.8) is 0 Å². The van der Waals surface area contributed by atoms with Gasteiger partial charge in [-0.2, -0.15) is 15.3 Å². The number of hydrogen-bond acceptors (Lipinski definition) is 6. The average Bonchev–Trinajstić information content (AvgIpc) is 3.23. The van der Waals surface area contributed by atoms with Gasteiger partial charge in [-0.05, 0) is 19.4 Å². The van der Waals surface area contributed by atoms with Gasteiger partial charge in [0.25, 0.3) is 0 Å². The summed E-state index contributed by atoms with van der Waals surface area (Å²) in [5.74, 6) is 1.75. The first kappa shape index (κ1) is 14.7. The van der Waals surface area contributed by atoms with Crippen molar-refractivity contribution in [2.75, 3.05) is 13.1 Å². The zero-order chi connectivity index (χ0) is 15.5. The van der Waals surface area contributed by atoms with Crippen molar-refractivity contribution >= 4 is 0 Å². The van der Waals surface area contributed by atoms with Crippen LogP contribution in [0.5, 0.6) is 0 Å². The molecule has 0 N–H and O–H groups in total. The minimum atomic E-state index is 0.224. The van der Waals surface area contributed by atoms with Gasteiger partial charge in [0.1, 0.15) is 6.07 Å². The molecular weight excluding hydrogens is 280 g/mol. The minimum absolute atomic E-state index is 0.224. The van der Waals surface area contributed by atoms with Crippen molar-refractivity contribution in [3.05, 3.63) is 29.7 Å². The fourth-order valence-electron chi connectivity index (χ4n) is 2.78. The lowest BCUT2D eigenvalue weighted by Gasteiger charge is -2.21. The van der Waals surface area contributed by atoms with Crippen LogP contribution in [0.1, 0.15) is 55.9 Å². The number of nitriles is 1. The van der Waals surface area contributed by atoms with Gasteiger partial charge in [-0.3, -0.25) is 9.58 Å². The first-order valence-corrected chi connectivity index (χ1v) is 7.67. The van der Waals surface area contributed by atoms with Gasteiger partial charge in [0, 0.05) is 18.7 Å². The Morgan fingerprint density at radius 2 is 2.32 bits per heavy atom. The highest BCUT2D eigenvalue weighted by Crippen LogP contribution is 2.30. The van der Waals surface area contributed by atoms with E-state index in [9.17, 15) is 0 Å². The van der Waals surface area contributed by atoms with E-state index in [0.717, 1.165) is 38.3 Å². The monoisotopic (exact) mass is 300 g/mol.